The van der Waals surface area contributed by atoms with E-state index in [0.29, 0.717) is 22.4 Å². The van der Waals surface area contributed by atoms with Gasteiger partial charge in [-0.25, -0.2) is 13.1 Å². The minimum atomic E-state index is -3.81. The predicted molar refractivity (Wildman–Crippen MR) is 168 cm³/mol. The van der Waals surface area contributed by atoms with Crippen LogP contribution in [0.5, 0.6) is 5.75 Å². The van der Waals surface area contributed by atoms with E-state index in [-0.39, 0.29) is 37.4 Å². The van der Waals surface area contributed by atoms with Gasteiger partial charge >= 0.3 is 0 Å². The first kappa shape index (κ1) is 33.7. The van der Waals surface area contributed by atoms with Crippen molar-refractivity contribution in [2.75, 3.05) is 12.9 Å². The Hall–Kier alpha value is -4.75. The smallest absolute Gasteiger partial charge is 0.242 e. The Labute approximate surface area is 257 Å². The van der Waals surface area contributed by atoms with Gasteiger partial charge in [0.05, 0.1) is 12.9 Å². The average Bonchev–Trinajstić information content (AvgIpc) is 3.01. The number of para-hydroxylation sites is 1. The fourth-order valence-corrected chi connectivity index (χ4v) is 5.16. The molecule has 3 amide bonds. The summed E-state index contributed by atoms with van der Waals surface area (Å²) in [5.74, 6) is -1.61. The Morgan fingerprint density at radius 3 is 2.11 bits per heavy atom. The summed E-state index contributed by atoms with van der Waals surface area (Å²) in [7, 11) is -2.22. The van der Waals surface area contributed by atoms with Crippen molar-refractivity contribution in [3.05, 3.63) is 89.5 Å². The highest BCUT2D eigenvalue weighted by molar-refractivity contribution is 7.89. The third kappa shape index (κ3) is 9.92. The Morgan fingerprint density at radius 1 is 0.886 bits per heavy atom. The highest BCUT2D eigenvalue weighted by atomic mass is 32.2. The molecule has 44 heavy (non-hydrogen) atoms. The lowest BCUT2D eigenvalue weighted by atomic mass is 9.99. The standard InChI is InChI=1S/C31H38N6O6S/c1-3-44(41,42)37-26(18-20-8-12-22(13-9-20)24-6-4-5-7-27(24)43-2)31(40)36-25(16-17-28(32)38)30(39)35-19-21-10-14-23(15-11-21)29(33)34/h4-15,25-26,37H,3,16-19H2,1-2H3,(H2,32,38)(H3,33,34)(H,35,39)(H,36,40). The second kappa shape index (κ2) is 15.6. The lowest BCUT2D eigenvalue weighted by molar-refractivity contribution is -0.130. The molecule has 12 nitrogen and oxygen atoms in total. The van der Waals surface area contributed by atoms with Crippen molar-refractivity contribution in [1.29, 1.82) is 5.41 Å². The molecule has 0 spiro atoms. The van der Waals surface area contributed by atoms with Crippen LogP contribution in [0.4, 0.5) is 0 Å². The molecule has 13 heteroatoms. The van der Waals surface area contributed by atoms with Crippen LogP contribution in [0.1, 0.15) is 36.5 Å². The van der Waals surface area contributed by atoms with Gasteiger partial charge in [0.1, 0.15) is 23.7 Å². The van der Waals surface area contributed by atoms with Crippen LogP contribution in [-0.2, 0) is 37.4 Å². The van der Waals surface area contributed by atoms with E-state index in [1.807, 2.05) is 36.4 Å². The van der Waals surface area contributed by atoms with Gasteiger partial charge in [-0.2, -0.15) is 0 Å². The van der Waals surface area contributed by atoms with E-state index < -0.39 is 39.8 Å². The van der Waals surface area contributed by atoms with Gasteiger partial charge in [-0.3, -0.25) is 19.8 Å². The third-order valence-corrected chi connectivity index (χ3v) is 8.28. The normalized spacial score (nSPS) is 12.5. The maximum atomic E-state index is 13.5. The van der Waals surface area contributed by atoms with E-state index in [9.17, 15) is 22.8 Å². The van der Waals surface area contributed by atoms with Crippen LogP contribution in [0.15, 0.2) is 72.8 Å². The molecule has 234 valence electrons. The van der Waals surface area contributed by atoms with Crippen molar-refractivity contribution >= 4 is 33.6 Å². The van der Waals surface area contributed by atoms with E-state index in [4.69, 9.17) is 21.6 Å². The summed E-state index contributed by atoms with van der Waals surface area (Å²) in [6.07, 6.45) is -0.262. The summed E-state index contributed by atoms with van der Waals surface area (Å²) in [4.78, 5) is 38.1. The Balaban J connectivity index is 1.77. The molecule has 0 saturated carbocycles. The van der Waals surface area contributed by atoms with Gasteiger partial charge in [-0.15, -0.1) is 0 Å². The molecule has 3 aromatic rings. The third-order valence-electron chi connectivity index (χ3n) is 6.87. The molecular weight excluding hydrogens is 584 g/mol. The van der Waals surface area contributed by atoms with Gasteiger partial charge in [-0.1, -0.05) is 66.7 Å². The number of nitrogen functional groups attached to an aromatic ring is 1. The van der Waals surface area contributed by atoms with Crippen LogP contribution in [0, 0.1) is 5.41 Å². The molecule has 0 heterocycles. The minimum absolute atomic E-state index is 0.00389. The second-order valence-electron chi connectivity index (χ2n) is 10.1. The Morgan fingerprint density at radius 2 is 1.52 bits per heavy atom. The van der Waals surface area contributed by atoms with Crippen molar-refractivity contribution < 1.29 is 27.5 Å². The van der Waals surface area contributed by atoms with Gasteiger partial charge in [0, 0.05) is 24.1 Å². The van der Waals surface area contributed by atoms with E-state index in [2.05, 4.69) is 15.4 Å². The van der Waals surface area contributed by atoms with Crippen LogP contribution >= 0.6 is 0 Å². The molecular formula is C31H38N6O6S. The molecule has 0 radical (unpaired) electrons. The predicted octanol–water partition coefficient (Wildman–Crippen LogP) is 1.56. The van der Waals surface area contributed by atoms with Gasteiger partial charge in [0.15, 0.2) is 0 Å². The molecule has 0 aromatic heterocycles. The van der Waals surface area contributed by atoms with E-state index >= 15 is 0 Å². The van der Waals surface area contributed by atoms with Crippen molar-refractivity contribution in [2.24, 2.45) is 11.5 Å². The monoisotopic (exact) mass is 622 g/mol. The molecule has 0 aliphatic heterocycles. The van der Waals surface area contributed by atoms with Crippen molar-refractivity contribution in [2.45, 2.75) is 44.8 Å². The molecule has 8 N–H and O–H groups in total. The van der Waals surface area contributed by atoms with Crippen LogP contribution in [0.3, 0.4) is 0 Å². The van der Waals surface area contributed by atoms with Crippen molar-refractivity contribution in [1.82, 2.24) is 15.4 Å². The number of amides is 3. The quantitative estimate of drug-likeness (QED) is 0.103. The maximum absolute atomic E-state index is 13.5. The zero-order valence-corrected chi connectivity index (χ0v) is 25.4. The number of nitrogens with two attached hydrogens (primary N) is 2. The molecule has 0 aliphatic rings. The largest absolute Gasteiger partial charge is 0.496 e. The first-order chi connectivity index (χ1) is 20.9. The fourth-order valence-electron chi connectivity index (χ4n) is 4.37. The summed E-state index contributed by atoms with van der Waals surface area (Å²) >= 11 is 0. The van der Waals surface area contributed by atoms with Crippen molar-refractivity contribution in [3.8, 4) is 16.9 Å². The number of sulfonamides is 1. The molecule has 3 aromatic carbocycles. The number of hydrogen-bond donors (Lipinski definition) is 6. The van der Waals surface area contributed by atoms with E-state index in [1.165, 1.54) is 6.92 Å². The number of methoxy groups -OCH3 is 1. The highest BCUT2D eigenvalue weighted by Gasteiger charge is 2.29. The first-order valence-corrected chi connectivity index (χ1v) is 15.6. The maximum Gasteiger partial charge on any atom is 0.242 e. The Bertz CT molecular complexity index is 1580. The number of carbonyl (C=O) groups excluding carboxylic acids is 3. The zero-order chi connectivity index (χ0) is 32.3. The summed E-state index contributed by atoms with van der Waals surface area (Å²) in [6.45, 7) is 1.55. The van der Waals surface area contributed by atoms with E-state index in [1.54, 1.807) is 43.5 Å². The van der Waals surface area contributed by atoms with Crippen molar-refractivity contribution in [3.63, 3.8) is 0 Å². The Kier molecular flexibility index (Phi) is 12.0. The summed E-state index contributed by atoms with van der Waals surface area (Å²) in [6, 6.07) is 19.1. The molecule has 0 aliphatic carbocycles. The topological polar surface area (TPSA) is 207 Å². The molecule has 0 fully saturated rings. The number of benzene rings is 3. The lowest BCUT2D eigenvalue weighted by Gasteiger charge is -2.23. The SMILES string of the molecule is CCS(=O)(=O)NC(Cc1ccc(-c2ccccc2OC)cc1)C(=O)NC(CCC(N)=O)C(=O)NCc1ccc(C(=N)N)cc1. The fraction of sp³-hybridized carbons (Fsp3) is 0.290. The molecule has 0 bridgehead atoms. The van der Waals surface area contributed by atoms with Crippen LogP contribution in [0.25, 0.3) is 11.1 Å². The number of hydrogen-bond acceptors (Lipinski definition) is 7. The summed E-state index contributed by atoms with van der Waals surface area (Å²) < 4.78 is 32.9. The van der Waals surface area contributed by atoms with Crippen LogP contribution < -0.4 is 31.6 Å². The summed E-state index contributed by atoms with van der Waals surface area (Å²) in [5.41, 5.74) is 14.5. The number of amidine groups is 1. The molecule has 2 atom stereocenters. The molecule has 0 saturated heterocycles. The number of ether oxygens (including phenoxy) is 1. The number of primary amides is 1. The van der Waals surface area contributed by atoms with Gasteiger partial charge < -0.3 is 26.8 Å². The number of nitrogens with one attached hydrogen (secondary N) is 4. The lowest BCUT2D eigenvalue weighted by Crippen LogP contribution is -2.54. The first-order valence-electron chi connectivity index (χ1n) is 13.9. The minimum Gasteiger partial charge on any atom is -0.496 e. The van der Waals surface area contributed by atoms with Crippen LogP contribution in [0.2, 0.25) is 0 Å². The average molecular weight is 623 g/mol. The molecule has 3 rings (SSSR count). The zero-order valence-electron chi connectivity index (χ0n) is 24.6. The van der Waals surface area contributed by atoms with Crippen LogP contribution in [-0.4, -0.2) is 56.9 Å². The summed E-state index contributed by atoms with van der Waals surface area (Å²) in [5, 5.41) is 12.8. The second-order valence-corrected chi connectivity index (χ2v) is 12.1. The highest BCUT2D eigenvalue weighted by Crippen LogP contribution is 2.29. The van der Waals surface area contributed by atoms with Gasteiger partial charge in [0.2, 0.25) is 27.7 Å². The molecule has 2 unspecified atom stereocenters. The van der Waals surface area contributed by atoms with Gasteiger partial charge in [-0.05, 0) is 42.5 Å². The van der Waals surface area contributed by atoms with Gasteiger partial charge in [0.25, 0.3) is 0 Å². The number of carbonyl (C=O) groups is 3. The number of rotatable bonds is 16. The van der Waals surface area contributed by atoms with E-state index in [0.717, 1.165) is 11.1 Å².